The minimum absolute atomic E-state index is 0.311. The number of carbonyl (C=O) groups excluding carboxylic acids is 1. The summed E-state index contributed by atoms with van der Waals surface area (Å²) in [6.45, 7) is 2.09. The molecule has 30 heavy (non-hydrogen) atoms. The minimum atomic E-state index is -0.427. The van der Waals surface area contributed by atoms with E-state index in [0.29, 0.717) is 18.7 Å². The average molecular weight is 404 g/mol. The Morgan fingerprint density at radius 1 is 1.00 bits per heavy atom. The summed E-state index contributed by atoms with van der Waals surface area (Å²) in [6.07, 6.45) is 4.73. The molecule has 154 valence electrons. The molecule has 1 aliphatic rings. The van der Waals surface area contributed by atoms with Gasteiger partial charge in [0.25, 0.3) is 0 Å². The third-order valence-electron chi connectivity index (χ3n) is 5.55. The largest absolute Gasteiger partial charge is 0.497 e. The van der Waals surface area contributed by atoms with Crippen molar-refractivity contribution in [3.63, 3.8) is 0 Å². The van der Waals surface area contributed by atoms with Gasteiger partial charge >= 0.3 is 5.97 Å². The van der Waals surface area contributed by atoms with Crippen LogP contribution in [0.2, 0.25) is 0 Å². The highest BCUT2D eigenvalue weighted by Gasteiger charge is 2.37. The Labute approximate surface area is 175 Å². The fourth-order valence-corrected chi connectivity index (χ4v) is 3.96. The Kier molecular flexibility index (Phi) is 5.31. The number of carbonyl (C=O) groups is 1. The Morgan fingerprint density at radius 3 is 2.07 bits per heavy atom. The molecule has 4 rings (SSSR count). The van der Waals surface area contributed by atoms with Crippen LogP contribution >= 0.6 is 0 Å². The summed E-state index contributed by atoms with van der Waals surface area (Å²) in [6, 6.07) is 16.1. The maximum atomic E-state index is 12.3. The Morgan fingerprint density at radius 2 is 1.57 bits per heavy atom. The number of benzene rings is 2. The van der Waals surface area contributed by atoms with Crippen LogP contribution < -0.4 is 9.47 Å². The first-order valence-corrected chi connectivity index (χ1v) is 9.84. The van der Waals surface area contributed by atoms with Crippen molar-refractivity contribution >= 4 is 12.0 Å². The van der Waals surface area contributed by atoms with Crippen molar-refractivity contribution in [2.24, 2.45) is 0 Å². The number of aromatic amines is 1. The van der Waals surface area contributed by atoms with Gasteiger partial charge in [0, 0.05) is 23.1 Å². The number of aromatic nitrogens is 2. The molecule has 0 saturated carbocycles. The summed E-state index contributed by atoms with van der Waals surface area (Å²) in [5.74, 6) is 1.19. The molecule has 0 fully saturated rings. The van der Waals surface area contributed by atoms with Crippen molar-refractivity contribution in [2.45, 2.75) is 18.8 Å². The molecule has 0 atom stereocenters. The molecule has 0 unspecified atom stereocenters. The fraction of sp³-hybridized carbons (Fsp3) is 0.250. The first kappa shape index (κ1) is 19.8. The predicted molar refractivity (Wildman–Crippen MR) is 114 cm³/mol. The lowest BCUT2D eigenvalue weighted by Crippen LogP contribution is -2.30. The van der Waals surface area contributed by atoms with E-state index in [1.165, 1.54) is 0 Å². The van der Waals surface area contributed by atoms with Gasteiger partial charge in [0.2, 0.25) is 0 Å². The topological polar surface area (TPSA) is 73.4 Å². The molecular formula is C24H24N2O4. The third-order valence-corrected chi connectivity index (χ3v) is 5.55. The van der Waals surface area contributed by atoms with Crippen LogP contribution in [0.5, 0.6) is 11.5 Å². The normalized spacial score (nSPS) is 14.1. The van der Waals surface area contributed by atoms with E-state index in [1.807, 2.05) is 30.3 Å². The summed E-state index contributed by atoms with van der Waals surface area (Å²) in [4.78, 5) is 12.3. The van der Waals surface area contributed by atoms with E-state index < -0.39 is 11.4 Å². The van der Waals surface area contributed by atoms with E-state index in [4.69, 9.17) is 14.2 Å². The van der Waals surface area contributed by atoms with Crippen LogP contribution in [0.3, 0.4) is 0 Å². The summed E-state index contributed by atoms with van der Waals surface area (Å²) in [7, 11) is 3.31. The van der Waals surface area contributed by atoms with Gasteiger partial charge in [-0.2, -0.15) is 5.10 Å². The smallest absolute Gasteiger partial charge is 0.359 e. The molecule has 0 saturated heterocycles. The van der Waals surface area contributed by atoms with Crippen molar-refractivity contribution in [1.82, 2.24) is 10.2 Å². The summed E-state index contributed by atoms with van der Waals surface area (Å²) in [5, 5.41) is 7.29. The number of allylic oxidation sites excluding steroid dienone is 1. The maximum Gasteiger partial charge on any atom is 0.359 e. The molecule has 2 aromatic carbocycles. The Balaban J connectivity index is 1.81. The van der Waals surface area contributed by atoms with Crippen LogP contribution in [0, 0.1) is 0 Å². The number of rotatable bonds is 6. The van der Waals surface area contributed by atoms with Crippen molar-refractivity contribution in [2.75, 3.05) is 20.8 Å². The second-order valence-electron chi connectivity index (χ2n) is 7.12. The number of esters is 1. The number of nitrogens with zero attached hydrogens (tertiary/aromatic N) is 1. The lowest BCUT2D eigenvalue weighted by atomic mass is 9.68. The number of H-pyrrole nitrogens is 1. The molecule has 1 N–H and O–H groups in total. The van der Waals surface area contributed by atoms with Gasteiger partial charge in [-0.25, -0.2) is 4.79 Å². The number of hydrogen-bond donors (Lipinski definition) is 1. The van der Waals surface area contributed by atoms with Gasteiger partial charge in [0.15, 0.2) is 5.69 Å². The van der Waals surface area contributed by atoms with Gasteiger partial charge in [-0.3, -0.25) is 5.10 Å². The van der Waals surface area contributed by atoms with E-state index in [1.54, 1.807) is 21.1 Å². The molecule has 1 aliphatic carbocycles. The highest BCUT2D eigenvalue weighted by Crippen LogP contribution is 2.42. The Bertz CT molecular complexity index is 1020. The van der Waals surface area contributed by atoms with Crippen molar-refractivity contribution in [1.29, 1.82) is 0 Å². The minimum Gasteiger partial charge on any atom is -0.497 e. The van der Waals surface area contributed by atoms with Crippen molar-refractivity contribution in [3.05, 3.63) is 82.7 Å². The second-order valence-corrected chi connectivity index (χ2v) is 7.12. The molecule has 0 radical (unpaired) electrons. The molecule has 0 bridgehead atoms. The zero-order chi connectivity index (χ0) is 21.1. The molecule has 0 amide bonds. The Hall–Kier alpha value is -3.54. The number of hydrogen-bond acceptors (Lipinski definition) is 5. The van der Waals surface area contributed by atoms with E-state index in [-0.39, 0.29) is 0 Å². The monoisotopic (exact) mass is 404 g/mol. The highest BCUT2D eigenvalue weighted by atomic mass is 16.5. The zero-order valence-electron chi connectivity index (χ0n) is 17.3. The zero-order valence-corrected chi connectivity index (χ0v) is 17.3. The van der Waals surface area contributed by atoms with Crippen LogP contribution in [0.25, 0.3) is 6.08 Å². The van der Waals surface area contributed by atoms with Crippen LogP contribution in [0.4, 0.5) is 0 Å². The van der Waals surface area contributed by atoms with E-state index >= 15 is 0 Å². The van der Waals surface area contributed by atoms with E-state index in [9.17, 15) is 4.79 Å². The van der Waals surface area contributed by atoms with Crippen molar-refractivity contribution in [3.8, 4) is 11.5 Å². The van der Waals surface area contributed by atoms with Crippen LogP contribution in [-0.2, 0) is 16.6 Å². The molecule has 6 nitrogen and oxygen atoms in total. The lowest BCUT2D eigenvalue weighted by Gasteiger charge is -2.34. The molecule has 1 heterocycles. The molecular weight excluding hydrogens is 380 g/mol. The summed E-state index contributed by atoms with van der Waals surface area (Å²) < 4.78 is 15.8. The predicted octanol–water partition coefficient (Wildman–Crippen LogP) is 4.16. The molecule has 0 spiro atoms. The van der Waals surface area contributed by atoms with Crippen LogP contribution in [-0.4, -0.2) is 37.0 Å². The fourth-order valence-electron chi connectivity index (χ4n) is 3.96. The van der Waals surface area contributed by atoms with Gasteiger partial charge in [0.05, 0.1) is 20.8 Å². The van der Waals surface area contributed by atoms with E-state index in [0.717, 1.165) is 33.9 Å². The van der Waals surface area contributed by atoms with Gasteiger partial charge in [-0.05, 0) is 42.3 Å². The highest BCUT2D eigenvalue weighted by molar-refractivity contribution is 5.92. The number of fused-ring (bicyclic) bond motifs is 1. The quantitative estimate of drug-likeness (QED) is 0.625. The number of nitrogens with one attached hydrogen (secondary N) is 1. The standard InChI is InChI=1S/C24H24N2O4/c1-4-30-23(27)22-20-13-14-24(15-21(20)25-26-22,16-5-9-18(28-2)10-6-16)17-7-11-19(29-3)12-8-17/h5-14H,4,15H2,1-3H3,(H,25,26). The summed E-state index contributed by atoms with van der Waals surface area (Å²) >= 11 is 0. The van der Waals surface area contributed by atoms with Crippen molar-refractivity contribution < 1.29 is 19.0 Å². The third kappa shape index (κ3) is 3.34. The second kappa shape index (κ2) is 8.06. The summed E-state index contributed by atoms with van der Waals surface area (Å²) in [5.41, 5.74) is 3.80. The van der Waals surface area contributed by atoms with Gasteiger partial charge in [-0.15, -0.1) is 0 Å². The first-order chi connectivity index (χ1) is 14.6. The molecule has 6 heteroatoms. The molecule has 3 aromatic rings. The van der Waals surface area contributed by atoms with Gasteiger partial charge in [-0.1, -0.05) is 36.4 Å². The lowest BCUT2D eigenvalue weighted by molar-refractivity contribution is 0.0519. The average Bonchev–Trinajstić information content (AvgIpc) is 3.22. The maximum absolute atomic E-state index is 12.3. The SMILES string of the molecule is CCOC(=O)c1n[nH]c2c1C=CC(c1ccc(OC)cc1)(c1ccc(OC)cc1)C2. The van der Waals surface area contributed by atoms with Gasteiger partial charge in [0.1, 0.15) is 11.5 Å². The van der Waals surface area contributed by atoms with Crippen LogP contribution in [0.15, 0.2) is 54.6 Å². The molecule has 0 aliphatic heterocycles. The number of ether oxygens (including phenoxy) is 3. The van der Waals surface area contributed by atoms with Crippen LogP contribution in [0.1, 0.15) is 39.8 Å². The van der Waals surface area contributed by atoms with Gasteiger partial charge < -0.3 is 14.2 Å². The first-order valence-electron chi connectivity index (χ1n) is 9.84. The number of methoxy groups -OCH3 is 2. The molecule has 1 aromatic heterocycles. The van der Waals surface area contributed by atoms with E-state index in [2.05, 4.69) is 40.5 Å².